The molecule has 1 heterocycles. The number of rotatable bonds is 6. The molecule has 136 valence electrons. The van der Waals surface area contributed by atoms with Gasteiger partial charge in [-0.2, -0.15) is 4.99 Å². The lowest BCUT2D eigenvalue weighted by molar-refractivity contribution is -0.117. The van der Waals surface area contributed by atoms with Crippen molar-refractivity contribution in [2.24, 2.45) is 4.99 Å². The number of aromatic nitrogens is 1. The quantitative estimate of drug-likeness (QED) is 0.570. The van der Waals surface area contributed by atoms with Crippen LogP contribution in [-0.2, 0) is 22.5 Å². The fraction of sp³-hybridized carbons (Fsp3) is 0.263. The lowest BCUT2D eigenvalue weighted by Crippen LogP contribution is -2.19. The highest BCUT2D eigenvalue weighted by Gasteiger charge is 2.09. The molecular weight excluding hydrogens is 388 g/mol. The SMILES string of the molecule is COCCn1c(=NC(=O)Cc2ccc(SC)cc2)sc2cc(Cl)ccc21. The van der Waals surface area contributed by atoms with Crippen LogP contribution in [0.1, 0.15) is 5.56 Å². The first-order valence-electron chi connectivity index (χ1n) is 8.09. The fourth-order valence-corrected chi connectivity index (χ4v) is 4.35. The summed E-state index contributed by atoms with van der Waals surface area (Å²) < 4.78 is 8.21. The Kier molecular flexibility index (Phi) is 6.53. The van der Waals surface area contributed by atoms with Crippen molar-refractivity contribution in [1.29, 1.82) is 0 Å². The van der Waals surface area contributed by atoms with Gasteiger partial charge in [-0.25, -0.2) is 0 Å². The van der Waals surface area contributed by atoms with Crippen molar-refractivity contribution in [1.82, 2.24) is 4.57 Å². The summed E-state index contributed by atoms with van der Waals surface area (Å²) in [5.41, 5.74) is 1.97. The van der Waals surface area contributed by atoms with Crippen LogP contribution in [-0.4, -0.2) is 30.4 Å². The summed E-state index contributed by atoms with van der Waals surface area (Å²) in [6, 6.07) is 13.7. The van der Waals surface area contributed by atoms with Gasteiger partial charge in [0.1, 0.15) is 0 Å². The standard InChI is InChI=1S/C19H19ClN2O2S2/c1-24-10-9-22-16-8-5-14(20)12-17(16)26-19(22)21-18(23)11-13-3-6-15(25-2)7-4-13/h3-8,12H,9-11H2,1-2H3. The van der Waals surface area contributed by atoms with Crippen molar-refractivity contribution in [3.8, 4) is 0 Å². The Morgan fingerprint density at radius 1 is 1.27 bits per heavy atom. The van der Waals surface area contributed by atoms with Crippen molar-refractivity contribution >= 4 is 50.8 Å². The fourth-order valence-electron chi connectivity index (χ4n) is 2.60. The molecule has 26 heavy (non-hydrogen) atoms. The molecule has 0 aliphatic rings. The number of hydrogen-bond acceptors (Lipinski definition) is 4. The molecule has 0 aliphatic heterocycles. The van der Waals surface area contributed by atoms with Gasteiger partial charge >= 0.3 is 0 Å². The zero-order valence-corrected chi connectivity index (χ0v) is 17.0. The second kappa shape index (κ2) is 8.86. The van der Waals surface area contributed by atoms with E-state index in [2.05, 4.69) is 4.99 Å². The Labute approximate surface area is 165 Å². The molecule has 0 saturated carbocycles. The molecule has 1 amide bonds. The number of ether oxygens (including phenoxy) is 1. The normalized spacial score (nSPS) is 12.0. The summed E-state index contributed by atoms with van der Waals surface area (Å²) >= 11 is 9.24. The minimum absolute atomic E-state index is 0.161. The second-order valence-electron chi connectivity index (χ2n) is 5.67. The van der Waals surface area contributed by atoms with Crippen LogP contribution in [0.15, 0.2) is 52.4 Å². The van der Waals surface area contributed by atoms with Crippen molar-refractivity contribution in [3.05, 3.63) is 57.9 Å². The number of thioether (sulfide) groups is 1. The molecule has 4 nitrogen and oxygen atoms in total. The number of methoxy groups -OCH3 is 1. The first-order valence-corrected chi connectivity index (χ1v) is 10.5. The van der Waals surface area contributed by atoms with Crippen LogP contribution in [0.5, 0.6) is 0 Å². The Bertz CT molecular complexity index is 977. The Balaban J connectivity index is 1.92. The third-order valence-electron chi connectivity index (χ3n) is 3.90. The Morgan fingerprint density at radius 3 is 2.73 bits per heavy atom. The summed E-state index contributed by atoms with van der Waals surface area (Å²) in [4.78, 5) is 18.7. The lowest BCUT2D eigenvalue weighted by Gasteiger charge is -2.04. The van der Waals surface area contributed by atoms with E-state index in [0.717, 1.165) is 15.8 Å². The maximum Gasteiger partial charge on any atom is 0.252 e. The van der Waals surface area contributed by atoms with Crippen LogP contribution >= 0.6 is 34.7 Å². The average Bonchev–Trinajstić information content (AvgIpc) is 2.96. The molecular formula is C19H19ClN2O2S2. The topological polar surface area (TPSA) is 43.6 Å². The van der Waals surface area contributed by atoms with Crippen molar-refractivity contribution in [3.63, 3.8) is 0 Å². The lowest BCUT2D eigenvalue weighted by atomic mass is 10.1. The van der Waals surface area contributed by atoms with E-state index in [0.29, 0.717) is 23.0 Å². The van der Waals surface area contributed by atoms with Gasteiger partial charge in [0.2, 0.25) is 0 Å². The highest BCUT2D eigenvalue weighted by molar-refractivity contribution is 7.98. The van der Waals surface area contributed by atoms with E-state index in [9.17, 15) is 4.79 Å². The summed E-state index contributed by atoms with van der Waals surface area (Å²) in [7, 11) is 1.66. The van der Waals surface area contributed by atoms with Crippen LogP contribution in [0.2, 0.25) is 5.02 Å². The van der Waals surface area contributed by atoms with Gasteiger partial charge in [-0.05, 0) is 42.2 Å². The molecule has 0 radical (unpaired) electrons. The minimum atomic E-state index is -0.161. The molecule has 1 aromatic heterocycles. The molecule has 0 saturated heterocycles. The number of nitrogens with zero attached hydrogens (tertiary/aromatic N) is 2. The van der Waals surface area contributed by atoms with Gasteiger partial charge in [0.25, 0.3) is 5.91 Å². The monoisotopic (exact) mass is 406 g/mol. The number of hydrogen-bond donors (Lipinski definition) is 0. The maximum absolute atomic E-state index is 12.5. The third kappa shape index (κ3) is 4.57. The Morgan fingerprint density at radius 2 is 2.04 bits per heavy atom. The molecule has 0 atom stereocenters. The summed E-state index contributed by atoms with van der Waals surface area (Å²) in [6.45, 7) is 1.18. The zero-order valence-electron chi connectivity index (χ0n) is 14.6. The number of fused-ring (bicyclic) bond motifs is 1. The van der Waals surface area contributed by atoms with Crippen LogP contribution in [0.3, 0.4) is 0 Å². The smallest absolute Gasteiger partial charge is 0.252 e. The van der Waals surface area contributed by atoms with Gasteiger partial charge in [0, 0.05) is 23.6 Å². The van der Waals surface area contributed by atoms with Crippen molar-refractivity contribution < 1.29 is 9.53 Å². The second-order valence-corrected chi connectivity index (χ2v) is 8.00. The van der Waals surface area contributed by atoms with Gasteiger partial charge in [-0.15, -0.1) is 11.8 Å². The number of benzene rings is 2. The van der Waals surface area contributed by atoms with Gasteiger partial charge in [0.05, 0.1) is 23.2 Å². The van der Waals surface area contributed by atoms with Crippen molar-refractivity contribution in [2.45, 2.75) is 17.9 Å². The summed E-state index contributed by atoms with van der Waals surface area (Å²) in [6.07, 6.45) is 2.32. The van der Waals surface area contributed by atoms with Crippen LogP contribution < -0.4 is 4.80 Å². The Hall–Kier alpha value is -1.60. The van der Waals surface area contributed by atoms with E-state index < -0.39 is 0 Å². The van der Waals surface area contributed by atoms with Gasteiger partial charge in [0.15, 0.2) is 4.80 Å². The predicted molar refractivity (Wildman–Crippen MR) is 109 cm³/mol. The summed E-state index contributed by atoms with van der Waals surface area (Å²) in [5, 5.41) is 0.671. The van der Waals surface area contributed by atoms with E-state index in [1.165, 1.54) is 16.2 Å². The van der Waals surface area contributed by atoms with Gasteiger partial charge in [-0.3, -0.25) is 4.79 Å². The largest absolute Gasteiger partial charge is 0.383 e. The number of halogens is 1. The van der Waals surface area contributed by atoms with Gasteiger partial charge < -0.3 is 9.30 Å². The molecule has 2 aromatic carbocycles. The summed E-state index contributed by atoms with van der Waals surface area (Å²) in [5.74, 6) is -0.161. The molecule has 0 N–H and O–H groups in total. The number of thiazole rings is 1. The van der Waals surface area contributed by atoms with E-state index in [1.807, 2.05) is 53.3 Å². The van der Waals surface area contributed by atoms with E-state index in [-0.39, 0.29) is 12.3 Å². The highest BCUT2D eigenvalue weighted by atomic mass is 35.5. The zero-order chi connectivity index (χ0) is 18.5. The van der Waals surface area contributed by atoms with E-state index in [1.54, 1.807) is 18.9 Å². The van der Waals surface area contributed by atoms with E-state index in [4.69, 9.17) is 16.3 Å². The molecule has 3 rings (SSSR count). The first-order chi connectivity index (χ1) is 12.6. The molecule has 0 spiro atoms. The highest BCUT2D eigenvalue weighted by Crippen LogP contribution is 2.22. The molecule has 0 unspecified atom stereocenters. The third-order valence-corrected chi connectivity index (χ3v) is 5.92. The minimum Gasteiger partial charge on any atom is -0.383 e. The van der Waals surface area contributed by atoms with Crippen LogP contribution in [0.4, 0.5) is 0 Å². The predicted octanol–water partition coefficient (Wildman–Crippen LogP) is 4.39. The van der Waals surface area contributed by atoms with E-state index >= 15 is 0 Å². The van der Waals surface area contributed by atoms with Crippen molar-refractivity contribution in [2.75, 3.05) is 20.0 Å². The van der Waals surface area contributed by atoms with Crippen LogP contribution in [0, 0.1) is 0 Å². The number of carbonyl (C=O) groups is 1. The van der Waals surface area contributed by atoms with Crippen LogP contribution in [0.25, 0.3) is 10.2 Å². The molecule has 3 aromatic rings. The number of carbonyl (C=O) groups excluding carboxylic acids is 1. The van der Waals surface area contributed by atoms with Gasteiger partial charge in [-0.1, -0.05) is 35.1 Å². The first kappa shape index (κ1) is 19.2. The molecule has 0 fully saturated rings. The number of amides is 1. The molecule has 7 heteroatoms. The molecule has 0 aliphatic carbocycles. The maximum atomic E-state index is 12.5. The average molecular weight is 407 g/mol. The molecule has 0 bridgehead atoms.